The average Bonchev–Trinajstić information content (AvgIpc) is 2.93. The highest BCUT2D eigenvalue weighted by molar-refractivity contribution is 5.15. The lowest BCUT2D eigenvalue weighted by atomic mass is 10.1. The van der Waals surface area contributed by atoms with Crippen LogP contribution in [0, 0.1) is 5.82 Å². The summed E-state index contributed by atoms with van der Waals surface area (Å²) in [4.78, 5) is 4.03. The molecule has 0 radical (unpaired) electrons. The molecule has 102 valence electrons. The number of rotatable bonds is 8. The Labute approximate surface area is 114 Å². The molecule has 2 aromatic rings. The molecule has 0 bridgehead atoms. The molecule has 0 amide bonds. The second-order valence-electron chi connectivity index (χ2n) is 4.94. The fourth-order valence-corrected chi connectivity index (χ4v) is 2.22. The zero-order chi connectivity index (χ0) is 13.3. The molecule has 0 fully saturated rings. The van der Waals surface area contributed by atoms with Crippen molar-refractivity contribution < 1.29 is 4.39 Å². The van der Waals surface area contributed by atoms with E-state index in [4.69, 9.17) is 0 Å². The Kier molecular flexibility index (Phi) is 5.60. The first kappa shape index (κ1) is 13.8. The van der Waals surface area contributed by atoms with Gasteiger partial charge in [0.2, 0.25) is 0 Å². The van der Waals surface area contributed by atoms with Gasteiger partial charge in [-0.1, -0.05) is 31.4 Å². The van der Waals surface area contributed by atoms with Crippen molar-refractivity contribution in [2.75, 3.05) is 0 Å². The molecule has 0 saturated heterocycles. The third kappa shape index (κ3) is 5.25. The van der Waals surface area contributed by atoms with Crippen molar-refractivity contribution in [3.8, 4) is 0 Å². The molecule has 19 heavy (non-hydrogen) atoms. The van der Waals surface area contributed by atoms with Crippen LogP contribution in [0.15, 0.2) is 43.0 Å². The van der Waals surface area contributed by atoms with Gasteiger partial charge in [0, 0.05) is 18.9 Å². The molecular weight excluding hydrogens is 239 g/mol. The van der Waals surface area contributed by atoms with Crippen LogP contribution in [-0.4, -0.2) is 9.55 Å². The van der Waals surface area contributed by atoms with Gasteiger partial charge >= 0.3 is 0 Å². The van der Waals surface area contributed by atoms with Crippen LogP contribution in [0.25, 0.3) is 0 Å². The standard InChI is InChI=1S/C16H21FN2/c17-16-9-7-15(8-10-16)6-4-2-1-3-5-12-19-13-11-18-14-19/h7-11,13-14H,1-6,12H2. The first-order valence-corrected chi connectivity index (χ1v) is 7.05. The first-order chi connectivity index (χ1) is 9.34. The molecule has 0 aliphatic rings. The van der Waals surface area contributed by atoms with E-state index in [1.54, 1.807) is 12.1 Å². The van der Waals surface area contributed by atoms with E-state index in [0.717, 1.165) is 13.0 Å². The Bertz CT molecular complexity index is 448. The zero-order valence-corrected chi connectivity index (χ0v) is 11.3. The van der Waals surface area contributed by atoms with Gasteiger partial charge in [-0.15, -0.1) is 0 Å². The molecule has 1 aromatic heterocycles. The Hall–Kier alpha value is -1.64. The molecular formula is C16H21FN2. The molecule has 2 rings (SSSR count). The fourth-order valence-electron chi connectivity index (χ4n) is 2.22. The molecule has 3 heteroatoms. The topological polar surface area (TPSA) is 17.8 Å². The van der Waals surface area contributed by atoms with Crippen LogP contribution in [0.5, 0.6) is 0 Å². The van der Waals surface area contributed by atoms with Crippen LogP contribution in [0.4, 0.5) is 4.39 Å². The van der Waals surface area contributed by atoms with Crippen molar-refractivity contribution in [1.82, 2.24) is 9.55 Å². The van der Waals surface area contributed by atoms with Crippen LogP contribution in [0.2, 0.25) is 0 Å². The number of nitrogens with zero attached hydrogens (tertiary/aromatic N) is 2. The third-order valence-electron chi connectivity index (χ3n) is 3.35. The molecule has 0 unspecified atom stereocenters. The van der Waals surface area contributed by atoms with Gasteiger partial charge < -0.3 is 4.57 Å². The van der Waals surface area contributed by atoms with E-state index in [1.165, 1.54) is 37.7 Å². The Morgan fingerprint density at radius 2 is 1.68 bits per heavy atom. The van der Waals surface area contributed by atoms with Gasteiger partial charge in [-0.25, -0.2) is 9.37 Å². The van der Waals surface area contributed by atoms with E-state index in [9.17, 15) is 4.39 Å². The summed E-state index contributed by atoms with van der Waals surface area (Å²) in [7, 11) is 0. The maximum Gasteiger partial charge on any atom is 0.123 e. The summed E-state index contributed by atoms with van der Waals surface area (Å²) < 4.78 is 14.8. The van der Waals surface area contributed by atoms with Crippen molar-refractivity contribution in [3.63, 3.8) is 0 Å². The van der Waals surface area contributed by atoms with Crippen LogP contribution >= 0.6 is 0 Å². The third-order valence-corrected chi connectivity index (χ3v) is 3.35. The molecule has 1 aromatic carbocycles. The predicted octanol–water partition coefficient (Wildman–Crippen LogP) is 4.22. The van der Waals surface area contributed by atoms with E-state index in [2.05, 4.69) is 9.55 Å². The van der Waals surface area contributed by atoms with E-state index in [-0.39, 0.29) is 5.82 Å². The second kappa shape index (κ2) is 7.72. The summed E-state index contributed by atoms with van der Waals surface area (Å²) >= 11 is 0. The van der Waals surface area contributed by atoms with Gasteiger partial charge in [0.25, 0.3) is 0 Å². The number of unbranched alkanes of at least 4 members (excludes halogenated alkanes) is 4. The maximum absolute atomic E-state index is 12.7. The molecule has 1 heterocycles. The Morgan fingerprint density at radius 1 is 0.947 bits per heavy atom. The summed E-state index contributed by atoms with van der Waals surface area (Å²) in [6, 6.07) is 6.85. The van der Waals surface area contributed by atoms with Crippen LogP contribution < -0.4 is 0 Å². The van der Waals surface area contributed by atoms with Gasteiger partial charge in [-0.3, -0.25) is 0 Å². The zero-order valence-electron chi connectivity index (χ0n) is 11.3. The lowest BCUT2D eigenvalue weighted by molar-refractivity contribution is 0.560. The van der Waals surface area contributed by atoms with E-state index in [1.807, 2.05) is 30.9 Å². The molecule has 0 spiro atoms. The van der Waals surface area contributed by atoms with Crippen molar-refractivity contribution in [2.24, 2.45) is 0 Å². The lowest BCUT2D eigenvalue weighted by Crippen LogP contribution is -1.94. The average molecular weight is 260 g/mol. The molecule has 0 atom stereocenters. The molecule has 2 nitrogen and oxygen atoms in total. The number of imidazole rings is 1. The molecule has 0 N–H and O–H groups in total. The second-order valence-corrected chi connectivity index (χ2v) is 4.94. The highest BCUT2D eigenvalue weighted by Gasteiger charge is 1.96. The maximum atomic E-state index is 12.7. The summed E-state index contributed by atoms with van der Waals surface area (Å²) in [5.41, 5.74) is 1.24. The molecule has 0 saturated carbocycles. The van der Waals surface area contributed by atoms with Gasteiger partial charge in [0.05, 0.1) is 6.33 Å². The fraction of sp³-hybridized carbons (Fsp3) is 0.438. The largest absolute Gasteiger partial charge is 0.337 e. The van der Waals surface area contributed by atoms with Crippen molar-refractivity contribution >= 4 is 0 Å². The highest BCUT2D eigenvalue weighted by atomic mass is 19.1. The van der Waals surface area contributed by atoms with Crippen molar-refractivity contribution in [2.45, 2.75) is 45.1 Å². The Morgan fingerprint density at radius 3 is 2.42 bits per heavy atom. The normalized spacial score (nSPS) is 10.8. The van der Waals surface area contributed by atoms with Crippen molar-refractivity contribution in [1.29, 1.82) is 0 Å². The number of halogens is 1. The highest BCUT2D eigenvalue weighted by Crippen LogP contribution is 2.10. The first-order valence-electron chi connectivity index (χ1n) is 7.05. The van der Waals surface area contributed by atoms with Crippen molar-refractivity contribution in [3.05, 3.63) is 54.4 Å². The van der Waals surface area contributed by atoms with Crippen LogP contribution in [0.3, 0.4) is 0 Å². The lowest BCUT2D eigenvalue weighted by Gasteiger charge is -2.03. The van der Waals surface area contributed by atoms with E-state index in [0.29, 0.717) is 0 Å². The summed E-state index contributed by atoms with van der Waals surface area (Å²) in [5.74, 6) is -0.150. The van der Waals surface area contributed by atoms with E-state index >= 15 is 0 Å². The summed E-state index contributed by atoms with van der Waals surface area (Å²) in [6.07, 6.45) is 13.0. The number of hydrogen-bond donors (Lipinski definition) is 0. The smallest absolute Gasteiger partial charge is 0.123 e. The predicted molar refractivity (Wildman–Crippen MR) is 75.4 cm³/mol. The minimum absolute atomic E-state index is 0.150. The SMILES string of the molecule is Fc1ccc(CCCCCCCn2ccnc2)cc1. The van der Waals surface area contributed by atoms with E-state index < -0.39 is 0 Å². The van der Waals surface area contributed by atoms with Crippen LogP contribution in [0.1, 0.15) is 37.7 Å². The number of benzene rings is 1. The van der Waals surface area contributed by atoms with Crippen LogP contribution in [-0.2, 0) is 13.0 Å². The van der Waals surface area contributed by atoms with Gasteiger partial charge in [-0.05, 0) is 37.0 Å². The summed E-state index contributed by atoms with van der Waals surface area (Å²) in [5, 5.41) is 0. The minimum atomic E-state index is -0.150. The number of aryl methyl sites for hydroxylation is 2. The van der Waals surface area contributed by atoms with Gasteiger partial charge in [0.15, 0.2) is 0 Å². The monoisotopic (exact) mass is 260 g/mol. The summed E-state index contributed by atoms with van der Waals surface area (Å²) in [6.45, 7) is 1.07. The number of hydrogen-bond acceptors (Lipinski definition) is 1. The van der Waals surface area contributed by atoms with Gasteiger partial charge in [0.1, 0.15) is 5.82 Å². The molecule has 0 aliphatic carbocycles. The minimum Gasteiger partial charge on any atom is -0.337 e. The van der Waals surface area contributed by atoms with Gasteiger partial charge in [-0.2, -0.15) is 0 Å². The Balaban J connectivity index is 1.49. The number of aromatic nitrogens is 2. The molecule has 0 aliphatic heterocycles. The quantitative estimate of drug-likeness (QED) is 0.650.